The van der Waals surface area contributed by atoms with Gasteiger partial charge in [-0.05, 0) is 45.7 Å². The molecule has 1 rings (SSSR count). The number of ketones is 1. The molecule has 0 saturated carbocycles. The Morgan fingerprint density at radius 2 is 2.27 bits per heavy atom. The minimum absolute atomic E-state index is 0.323. The van der Waals surface area contributed by atoms with Crippen LogP contribution in [0.4, 0.5) is 0 Å². The van der Waals surface area contributed by atoms with Gasteiger partial charge in [-0.3, -0.25) is 9.69 Å². The Hall–Kier alpha value is -0.410. The normalized spacial score (nSPS) is 22.1. The summed E-state index contributed by atoms with van der Waals surface area (Å²) in [6, 6.07) is 0.519. The molecule has 15 heavy (non-hydrogen) atoms. The van der Waals surface area contributed by atoms with Crippen molar-refractivity contribution in [2.24, 2.45) is 0 Å². The summed E-state index contributed by atoms with van der Waals surface area (Å²) in [5.41, 5.74) is 0. The third-order valence-corrected chi connectivity index (χ3v) is 3.07. The summed E-state index contributed by atoms with van der Waals surface area (Å²) in [6.45, 7) is 4.85. The molecular weight excluding hydrogens is 190 g/mol. The van der Waals surface area contributed by atoms with Crippen molar-refractivity contribution in [1.82, 2.24) is 4.90 Å². The van der Waals surface area contributed by atoms with E-state index in [0.717, 1.165) is 26.0 Å². The summed E-state index contributed by atoms with van der Waals surface area (Å²) in [5.74, 6) is 0.323. The molecule has 1 atom stereocenters. The first-order chi connectivity index (χ1) is 7.24. The Kier molecular flexibility index (Phi) is 5.88. The number of carbonyl (C=O) groups is 1. The highest BCUT2D eigenvalue weighted by Crippen LogP contribution is 2.20. The molecule has 0 aromatic rings. The monoisotopic (exact) mass is 213 g/mol. The number of carbonyl (C=O) groups excluding carboxylic acids is 1. The molecule has 1 heterocycles. The number of methoxy groups -OCH3 is 1. The zero-order valence-electron chi connectivity index (χ0n) is 10.00. The highest BCUT2D eigenvalue weighted by atomic mass is 16.5. The number of hydrogen-bond acceptors (Lipinski definition) is 3. The predicted molar refractivity (Wildman–Crippen MR) is 61.0 cm³/mol. The Morgan fingerprint density at radius 3 is 2.93 bits per heavy atom. The van der Waals surface area contributed by atoms with Gasteiger partial charge in [0.2, 0.25) is 0 Å². The van der Waals surface area contributed by atoms with E-state index in [2.05, 4.69) is 4.90 Å². The second-order valence-corrected chi connectivity index (χ2v) is 4.44. The summed E-state index contributed by atoms with van der Waals surface area (Å²) in [7, 11) is 1.74. The summed E-state index contributed by atoms with van der Waals surface area (Å²) < 4.78 is 5.03. The van der Waals surface area contributed by atoms with E-state index >= 15 is 0 Å². The third-order valence-electron chi connectivity index (χ3n) is 3.07. The van der Waals surface area contributed by atoms with Gasteiger partial charge >= 0.3 is 0 Å². The minimum atomic E-state index is 0.323. The zero-order valence-corrected chi connectivity index (χ0v) is 10.00. The lowest BCUT2D eigenvalue weighted by atomic mass is 10.1. The molecular formula is C12H23NO2. The number of hydrogen-bond donors (Lipinski definition) is 0. The van der Waals surface area contributed by atoms with E-state index < -0.39 is 0 Å². The summed E-state index contributed by atoms with van der Waals surface area (Å²) in [4.78, 5) is 13.5. The second-order valence-electron chi connectivity index (χ2n) is 4.44. The average Bonchev–Trinajstić information content (AvgIpc) is 2.59. The number of unbranched alkanes of at least 4 members (excludes halogenated alkanes) is 1. The zero-order chi connectivity index (χ0) is 11.1. The average molecular weight is 213 g/mol. The van der Waals surface area contributed by atoms with Crippen molar-refractivity contribution in [3.63, 3.8) is 0 Å². The van der Waals surface area contributed by atoms with E-state index in [1.807, 2.05) is 0 Å². The van der Waals surface area contributed by atoms with Gasteiger partial charge < -0.3 is 4.74 Å². The van der Waals surface area contributed by atoms with Gasteiger partial charge in [0.15, 0.2) is 0 Å². The van der Waals surface area contributed by atoms with Crippen molar-refractivity contribution in [3.05, 3.63) is 0 Å². The molecule has 1 fully saturated rings. The van der Waals surface area contributed by atoms with Crippen LogP contribution in [0, 0.1) is 0 Å². The van der Waals surface area contributed by atoms with Gasteiger partial charge in [0.25, 0.3) is 0 Å². The Bertz CT molecular complexity index is 194. The first-order valence-corrected chi connectivity index (χ1v) is 5.96. The fraction of sp³-hybridized carbons (Fsp3) is 0.917. The van der Waals surface area contributed by atoms with Crippen LogP contribution in [-0.4, -0.2) is 43.5 Å². The lowest BCUT2D eigenvalue weighted by molar-refractivity contribution is -0.118. The number of rotatable bonds is 7. The molecule has 0 aromatic carbocycles. The van der Waals surface area contributed by atoms with Crippen LogP contribution in [0.15, 0.2) is 0 Å². The van der Waals surface area contributed by atoms with Crippen molar-refractivity contribution in [3.8, 4) is 0 Å². The summed E-state index contributed by atoms with van der Waals surface area (Å²) in [6.07, 6.45) is 5.50. The standard InChI is InChI=1S/C12H23NO2/c1-11(14)10-12-6-5-8-13(12)7-3-4-9-15-2/h12H,3-10H2,1-2H3. The molecule has 0 spiro atoms. The van der Waals surface area contributed by atoms with Gasteiger partial charge in [-0.15, -0.1) is 0 Å². The summed E-state index contributed by atoms with van der Waals surface area (Å²) >= 11 is 0. The number of likely N-dealkylation sites (tertiary alicyclic amines) is 1. The first kappa shape index (κ1) is 12.7. The van der Waals surface area contributed by atoms with Crippen LogP contribution >= 0.6 is 0 Å². The molecule has 1 saturated heterocycles. The predicted octanol–water partition coefficient (Wildman–Crippen LogP) is 1.86. The Labute approximate surface area is 92.8 Å². The van der Waals surface area contributed by atoms with Crippen LogP contribution in [0.2, 0.25) is 0 Å². The van der Waals surface area contributed by atoms with E-state index in [4.69, 9.17) is 4.74 Å². The molecule has 0 amide bonds. The minimum Gasteiger partial charge on any atom is -0.385 e. The van der Waals surface area contributed by atoms with Gasteiger partial charge in [-0.25, -0.2) is 0 Å². The summed E-state index contributed by atoms with van der Waals surface area (Å²) in [5, 5.41) is 0. The number of nitrogens with zero attached hydrogens (tertiary/aromatic N) is 1. The van der Waals surface area contributed by atoms with E-state index in [9.17, 15) is 4.79 Å². The lowest BCUT2D eigenvalue weighted by Gasteiger charge is -2.23. The van der Waals surface area contributed by atoms with Crippen LogP contribution < -0.4 is 0 Å². The third kappa shape index (κ3) is 4.76. The largest absolute Gasteiger partial charge is 0.385 e. The van der Waals surface area contributed by atoms with Crippen molar-refractivity contribution >= 4 is 5.78 Å². The molecule has 0 aromatic heterocycles. The maximum absolute atomic E-state index is 11.1. The smallest absolute Gasteiger partial charge is 0.131 e. The molecule has 1 aliphatic heterocycles. The maximum Gasteiger partial charge on any atom is 0.131 e. The first-order valence-electron chi connectivity index (χ1n) is 5.96. The van der Waals surface area contributed by atoms with Gasteiger partial charge in [0, 0.05) is 26.2 Å². The van der Waals surface area contributed by atoms with Crippen molar-refractivity contribution in [2.45, 2.75) is 45.1 Å². The fourth-order valence-electron chi connectivity index (χ4n) is 2.31. The van der Waals surface area contributed by atoms with Crippen LogP contribution in [0.1, 0.15) is 39.0 Å². The van der Waals surface area contributed by atoms with Crippen LogP contribution in [0.25, 0.3) is 0 Å². The van der Waals surface area contributed by atoms with Gasteiger partial charge in [0.05, 0.1) is 0 Å². The fourth-order valence-corrected chi connectivity index (χ4v) is 2.31. The molecule has 1 unspecified atom stereocenters. The van der Waals surface area contributed by atoms with Crippen molar-refractivity contribution < 1.29 is 9.53 Å². The Balaban J connectivity index is 2.18. The van der Waals surface area contributed by atoms with E-state index in [-0.39, 0.29) is 0 Å². The van der Waals surface area contributed by atoms with Crippen molar-refractivity contribution in [1.29, 1.82) is 0 Å². The molecule has 3 nitrogen and oxygen atoms in total. The van der Waals surface area contributed by atoms with Gasteiger partial charge in [-0.1, -0.05) is 0 Å². The molecule has 3 heteroatoms. The second kappa shape index (κ2) is 6.96. The van der Waals surface area contributed by atoms with Crippen molar-refractivity contribution in [2.75, 3.05) is 26.8 Å². The molecule has 88 valence electrons. The SMILES string of the molecule is COCCCCN1CCCC1CC(C)=O. The maximum atomic E-state index is 11.1. The number of ether oxygens (including phenoxy) is 1. The molecule has 0 aliphatic carbocycles. The molecule has 0 N–H and O–H groups in total. The number of Topliss-reactive ketones (excluding diaryl/α,β-unsaturated/α-hetero) is 1. The molecule has 1 aliphatic rings. The van der Waals surface area contributed by atoms with Crippen LogP contribution in [-0.2, 0) is 9.53 Å². The van der Waals surface area contributed by atoms with E-state index in [1.165, 1.54) is 25.8 Å². The molecule has 0 radical (unpaired) electrons. The van der Waals surface area contributed by atoms with Crippen LogP contribution in [0.3, 0.4) is 0 Å². The molecule has 0 bridgehead atoms. The quantitative estimate of drug-likeness (QED) is 0.605. The lowest BCUT2D eigenvalue weighted by Crippen LogP contribution is -2.31. The van der Waals surface area contributed by atoms with Gasteiger partial charge in [0.1, 0.15) is 5.78 Å². The highest BCUT2D eigenvalue weighted by Gasteiger charge is 2.24. The van der Waals surface area contributed by atoms with E-state index in [1.54, 1.807) is 14.0 Å². The highest BCUT2D eigenvalue weighted by molar-refractivity contribution is 5.76. The van der Waals surface area contributed by atoms with E-state index in [0.29, 0.717) is 11.8 Å². The van der Waals surface area contributed by atoms with Gasteiger partial charge in [-0.2, -0.15) is 0 Å². The Morgan fingerprint density at radius 1 is 1.47 bits per heavy atom. The van der Waals surface area contributed by atoms with Crippen LogP contribution in [0.5, 0.6) is 0 Å². The topological polar surface area (TPSA) is 29.5 Å².